The van der Waals surface area contributed by atoms with E-state index in [1.165, 1.54) is 11.3 Å². The minimum Gasteiger partial charge on any atom is -0.361 e. The highest BCUT2D eigenvalue weighted by atomic mass is 32.1. The first-order chi connectivity index (χ1) is 17.6. The Kier molecular flexibility index (Phi) is 9.49. The number of piperidine rings is 1. The number of fused-ring (bicyclic) bond motifs is 1. The predicted molar refractivity (Wildman–Crippen MR) is 141 cm³/mol. The number of thiazole rings is 1. The number of nitrogens with one attached hydrogen (secondary N) is 2. The van der Waals surface area contributed by atoms with Crippen LogP contribution in [0.2, 0.25) is 0 Å². The third kappa shape index (κ3) is 6.72. The van der Waals surface area contributed by atoms with E-state index >= 15 is 0 Å². The Bertz CT molecular complexity index is 1130. The Morgan fingerprint density at radius 3 is 2.69 bits per heavy atom. The fourth-order valence-corrected chi connectivity index (χ4v) is 5.63. The van der Waals surface area contributed by atoms with Gasteiger partial charge in [0.25, 0.3) is 5.91 Å². The molecule has 0 saturated carbocycles. The molecule has 0 atom stereocenters. The van der Waals surface area contributed by atoms with Crippen LogP contribution in [0.1, 0.15) is 66.5 Å². The van der Waals surface area contributed by atoms with Crippen LogP contribution in [0.15, 0.2) is 35.8 Å². The zero-order chi connectivity index (χ0) is 25.3. The van der Waals surface area contributed by atoms with E-state index in [2.05, 4.69) is 21.4 Å². The molecule has 0 spiro atoms. The van der Waals surface area contributed by atoms with Gasteiger partial charge in [-0.3, -0.25) is 9.59 Å². The summed E-state index contributed by atoms with van der Waals surface area (Å²) >= 11 is 1.54. The molecule has 1 aliphatic rings. The van der Waals surface area contributed by atoms with Crippen LogP contribution < -0.4 is 5.32 Å². The largest absolute Gasteiger partial charge is 0.361 e. The third-order valence-corrected chi connectivity index (χ3v) is 7.58. The molecule has 3 aromatic rings. The molecule has 1 saturated heterocycles. The molecule has 3 heterocycles. The fraction of sp³-hybridized carbons (Fsp3) is 0.519. The lowest BCUT2D eigenvalue weighted by atomic mass is 9.97. The molecular weight excluding hydrogens is 476 g/mol. The predicted octanol–water partition coefficient (Wildman–Crippen LogP) is 4.48. The lowest BCUT2D eigenvalue weighted by Gasteiger charge is -2.31. The number of aromatic amines is 1. The van der Waals surface area contributed by atoms with Crippen LogP contribution >= 0.6 is 11.3 Å². The van der Waals surface area contributed by atoms with E-state index in [0.717, 1.165) is 47.2 Å². The van der Waals surface area contributed by atoms with Gasteiger partial charge < -0.3 is 24.7 Å². The van der Waals surface area contributed by atoms with Crippen molar-refractivity contribution in [2.45, 2.75) is 58.2 Å². The number of aromatic nitrogens is 2. The van der Waals surface area contributed by atoms with Crippen LogP contribution in [0.4, 0.5) is 0 Å². The average molecular weight is 513 g/mol. The Morgan fingerprint density at radius 1 is 1.19 bits per heavy atom. The minimum absolute atomic E-state index is 0.145. The molecule has 1 fully saturated rings. The van der Waals surface area contributed by atoms with Crippen molar-refractivity contribution in [2.24, 2.45) is 0 Å². The maximum absolute atomic E-state index is 12.9. The molecule has 1 aliphatic heterocycles. The van der Waals surface area contributed by atoms with E-state index in [1.807, 2.05) is 48.5 Å². The molecule has 0 bridgehead atoms. The van der Waals surface area contributed by atoms with E-state index in [0.29, 0.717) is 45.0 Å². The van der Waals surface area contributed by atoms with Gasteiger partial charge in [-0.15, -0.1) is 11.3 Å². The number of benzene rings is 1. The number of rotatable bonds is 12. The lowest BCUT2D eigenvalue weighted by Crippen LogP contribution is -2.38. The summed E-state index contributed by atoms with van der Waals surface area (Å²) in [5.41, 5.74) is 2.57. The van der Waals surface area contributed by atoms with E-state index in [4.69, 9.17) is 9.47 Å². The Hall–Kier alpha value is -2.75. The second-order valence-electron chi connectivity index (χ2n) is 9.00. The number of likely N-dealkylation sites (tertiary alicyclic amines) is 1. The van der Waals surface area contributed by atoms with Gasteiger partial charge in [0.1, 0.15) is 5.69 Å². The molecular formula is C27H36N4O4S. The van der Waals surface area contributed by atoms with Crippen LogP contribution in [-0.4, -0.2) is 65.8 Å². The number of nitrogens with zero attached hydrogens (tertiary/aromatic N) is 2. The molecule has 8 nitrogen and oxygen atoms in total. The van der Waals surface area contributed by atoms with E-state index < -0.39 is 0 Å². The molecule has 194 valence electrons. The van der Waals surface area contributed by atoms with Gasteiger partial charge in [0.2, 0.25) is 5.91 Å². The lowest BCUT2D eigenvalue weighted by molar-refractivity contribution is -0.139. The summed E-state index contributed by atoms with van der Waals surface area (Å²) in [5, 5.41) is 6.88. The molecule has 4 rings (SSSR count). The zero-order valence-corrected chi connectivity index (χ0v) is 21.9. The van der Waals surface area contributed by atoms with E-state index in [9.17, 15) is 9.59 Å². The number of amides is 2. The summed E-state index contributed by atoms with van der Waals surface area (Å²) in [6, 6.07) is 8.07. The highest BCUT2D eigenvalue weighted by molar-refractivity contribution is 7.09. The molecule has 36 heavy (non-hydrogen) atoms. The standard InChI is InChI=1S/C27H36N4O4S/c1-3-34-25(35-4-2)10-7-13-28-26(33)23-18-36-27(30-23)19-11-14-31(15-12-19)24(32)16-20-17-29-22-9-6-5-8-21(20)22/h5-6,8-9,17-19,25,29H,3-4,7,10-16H2,1-2H3,(H,28,33). The summed E-state index contributed by atoms with van der Waals surface area (Å²) in [5.74, 6) is 0.299. The number of hydrogen-bond donors (Lipinski definition) is 2. The van der Waals surface area contributed by atoms with Crippen molar-refractivity contribution < 1.29 is 19.1 Å². The SMILES string of the molecule is CCOC(CCCNC(=O)c1csc(C2CCN(C(=O)Cc3c[nH]c4ccccc34)CC2)n1)OCC. The highest BCUT2D eigenvalue weighted by Crippen LogP contribution is 2.31. The topological polar surface area (TPSA) is 96.6 Å². The van der Waals surface area contributed by atoms with Gasteiger partial charge in [-0.2, -0.15) is 0 Å². The number of para-hydroxylation sites is 1. The van der Waals surface area contributed by atoms with E-state index in [1.54, 1.807) is 0 Å². The molecule has 0 aliphatic carbocycles. The van der Waals surface area contributed by atoms with Crippen molar-refractivity contribution in [1.82, 2.24) is 20.2 Å². The smallest absolute Gasteiger partial charge is 0.270 e. The highest BCUT2D eigenvalue weighted by Gasteiger charge is 2.26. The quantitative estimate of drug-likeness (QED) is 0.275. The van der Waals surface area contributed by atoms with Crippen molar-refractivity contribution in [3.63, 3.8) is 0 Å². The van der Waals surface area contributed by atoms with Crippen LogP contribution in [0.3, 0.4) is 0 Å². The van der Waals surface area contributed by atoms with Crippen LogP contribution in [0.25, 0.3) is 10.9 Å². The first kappa shape index (κ1) is 26.3. The summed E-state index contributed by atoms with van der Waals surface area (Å²) in [6.45, 7) is 7.09. The van der Waals surface area contributed by atoms with Gasteiger partial charge in [-0.1, -0.05) is 18.2 Å². The molecule has 9 heteroatoms. The van der Waals surface area contributed by atoms with Gasteiger partial charge in [-0.05, 0) is 44.7 Å². The normalized spacial score (nSPS) is 14.6. The van der Waals surface area contributed by atoms with Gasteiger partial charge >= 0.3 is 0 Å². The third-order valence-electron chi connectivity index (χ3n) is 6.58. The second kappa shape index (κ2) is 13.0. The van der Waals surface area contributed by atoms with Gasteiger partial charge in [0, 0.05) is 67.7 Å². The van der Waals surface area contributed by atoms with Gasteiger partial charge in [0.15, 0.2) is 6.29 Å². The van der Waals surface area contributed by atoms with Gasteiger partial charge in [0.05, 0.1) is 11.4 Å². The molecule has 0 radical (unpaired) electrons. The number of H-pyrrole nitrogens is 1. The van der Waals surface area contributed by atoms with Crippen molar-refractivity contribution in [3.8, 4) is 0 Å². The molecule has 1 aromatic carbocycles. The summed E-state index contributed by atoms with van der Waals surface area (Å²) in [7, 11) is 0. The van der Waals surface area contributed by atoms with Crippen molar-refractivity contribution in [1.29, 1.82) is 0 Å². The molecule has 2 N–H and O–H groups in total. The van der Waals surface area contributed by atoms with Crippen LogP contribution in [-0.2, 0) is 20.7 Å². The summed E-state index contributed by atoms with van der Waals surface area (Å²) < 4.78 is 11.1. The average Bonchev–Trinajstić information content (AvgIpc) is 3.55. The van der Waals surface area contributed by atoms with Crippen molar-refractivity contribution in [2.75, 3.05) is 32.8 Å². The van der Waals surface area contributed by atoms with Crippen LogP contribution in [0.5, 0.6) is 0 Å². The Labute approximate surface area is 216 Å². The molecule has 2 amide bonds. The molecule has 0 unspecified atom stereocenters. The first-order valence-corrected chi connectivity index (χ1v) is 13.8. The fourth-order valence-electron chi connectivity index (χ4n) is 4.66. The monoisotopic (exact) mass is 512 g/mol. The molecule has 2 aromatic heterocycles. The maximum Gasteiger partial charge on any atom is 0.270 e. The Morgan fingerprint density at radius 2 is 1.94 bits per heavy atom. The van der Waals surface area contributed by atoms with Gasteiger partial charge in [-0.25, -0.2) is 4.98 Å². The maximum atomic E-state index is 12.9. The first-order valence-electron chi connectivity index (χ1n) is 12.9. The summed E-state index contributed by atoms with van der Waals surface area (Å²) in [6.07, 6.45) is 5.37. The van der Waals surface area contributed by atoms with Crippen LogP contribution in [0, 0.1) is 0 Å². The number of ether oxygens (including phenoxy) is 2. The van der Waals surface area contributed by atoms with E-state index in [-0.39, 0.29) is 24.0 Å². The zero-order valence-electron chi connectivity index (χ0n) is 21.1. The number of carbonyl (C=O) groups is 2. The second-order valence-corrected chi connectivity index (χ2v) is 9.89. The number of hydrogen-bond acceptors (Lipinski definition) is 6. The number of carbonyl (C=O) groups excluding carboxylic acids is 2. The summed E-state index contributed by atoms with van der Waals surface area (Å²) in [4.78, 5) is 35.3. The minimum atomic E-state index is -0.220. The Balaban J connectivity index is 1.21. The van der Waals surface area contributed by atoms with Crippen molar-refractivity contribution in [3.05, 3.63) is 52.1 Å². The van der Waals surface area contributed by atoms with Crippen molar-refractivity contribution >= 4 is 34.1 Å².